The number of hydrogen-bond acceptors (Lipinski definition) is 6. The largest absolute Gasteiger partial charge is 0.756 e. The molecular formula is C53H101N2O6P. The van der Waals surface area contributed by atoms with E-state index in [-0.39, 0.29) is 12.5 Å². The van der Waals surface area contributed by atoms with Gasteiger partial charge < -0.3 is 28.8 Å². The first-order valence-electron chi connectivity index (χ1n) is 26.0. The summed E-state index contributed by atoms with van der Waals surface area (Å²) >= 11 is 0. The van der Waals surface area contributed by atoms with Gasteiger partial charge in [0, 0.05) is 6.42 Å². The van der Waals surface area contributed by atoms with Crippen molar-refractivity contribution in [2.24, 2.45) is 0 Å². The molecular weight excluding hydrogens is 792 g/mol. The number of phosphoric ester groups is 1. The van der Waals surface area contributed by atoms with Crippen molar-refractivity contribution in [3.63, 3.8) is 0 Å². The summed E-state index contributed by atoms with van der Waals surface area (Å²) in [7, 11) is 1.23. The number of hydrogen-bond donors (Lipinski definition) is 2. The molecule has 0 fully saturated rings. The molecule has 3 unspecified atom stereocenters. The van der Waals surface area contributed by atoms with Gasteiger partial charge >= 0.3 is 0 Å². The highest BCUT2D eigenvalue weighted by molar-refractivity contribution is 7.45. The lowest BCUT2D eigenvalue weighted by molar-refractivity contribution is -0.870. The van der Waals surface area contributed by atoms with Crippen molar-refractivity contribution in [3.05, 3.63) is 48.6 Å². The lowest BCUT2D eigenvalue weighted by atomic mass is 10.0. The Hall–Kier alpha value is -1.54. The van der Waals surface area contributed by atoms with E-state index in [2.05, 4.69) is 55.6 Å². The number of allylic oxidation sites excluding steroid dienone is 7. The minimum Gasteiger partial charge on any atom is -0.756 e. The third-order valence-electron chi connectivity index (χ3n) is 11.5. The first-order chi connectivity index (χ1) is 30.0. The molecule has 0 aromatic heterocycles. The monoisotopic (exact) mass is 893 g/mol. The molecule has 8 nitrogen and oxygen atoms in total. The predicted molar refractivity (Wildman–Crippen MR) is 265 cm³/mol. The van der Waals surface area contributed by atoms with Crippen LogP contribution in [-0.2, 0) is 18.4 Å². The summed E-state index contributed by atoms with van der Waals surface area (Å²) in [6.07, 6.45) is 57.8. The highest BCUT2D eigenvalue weighted by Gasteiger charge is 2.23. The fourth-order valence-corrected chi connectivity index (χ4v) is 8.09. The average molecular weight is 893 g/mol. The van der Waals surface area contributed by atoms with Gasteiger partial charge in [-0.3, -0.25) is 9.36 Å². The van der Waals surface area contributed by atoms with Crippen LogP contribution in [0, 0.1) is 0 Å². The summed E-state index contributed by atoms with van der Waals surface area (Å²) in [6, 6.07) is -0.913. The number of unbranched alkanes of at least 4 members (excludes halogenated alkanes) is 28. The number of quaternary nitrogens is 1. The summed E-state index contributed by atoms with van der Waals surface area (Å²) in [4.78, 5) is 25.3. The normalized spacial score (nSPS) is 14.5. The number of carbonyl (C=O) groups is 1. The fraction of sp³-hybridized carbons (Fsp3) is 0.830. The topological polar surface area (TPSA) is 108 Å². The molecule has 0 bridgehead atoms. The van der Waals surface area contributed by atoms with E-state index in [0.29, 0.717) is 17.4 Å². The molecule has 0 radical (unpaired) electrons. The molecule has 62 heavy (non-hydrogen) atoms. The minimum atomic E-state index is -4.60. The van der Waals surface area contributed by atoms with Gasteiger partial charge in [0.25, 0.3) is 7.82 Å². The first kappa shape index (κ1) is 60.5. The van der Waals surface area contributed by atoms with E-state index in [1.807, 2.05) is 27.2 Å². The third-order valence-corrected chi connectivity index (χ3v) is 12.4. The Balaban J connectivity index is 4.18. The van der Waals surface area contributed by atoms with E-state index in [9.17, 15) is 19.4 Å². The minimum absolute atomic E-state index is 0.0116. The van der Waals surface area contributed by atoms with E-state index in [1.165, 1.54) is 141 Å². The van der Waals surface area contributed by atoms with Gasteiger partial charge in [0.05, 0.1) is 39.9 Å². The van der Waals surface area contributed by atoms with Crippen molar-refractivity contribution in [1.29, 1.82) is 0 Å². The van der Waals surface area contributed by atoms with Crippen molar-refractivity contribution in [2.75, 3.05) is 40.9 Å². The molecule has 2 N–H and O–H groups in total. The molecule has 0 aromatic rings. The molecule has 3 atom stereocenters. The summed E-state index contributed by atoms with van der Waals surface area (Å²) in [5.41, 5.74) is 0. The van der Waals surface area contributed by atoms with Crippen molar-refractivity contribution in [1.82, 2.24) is 5.32 Å². The second-order valence-electron chi connectivity index (χ2n) is 18.9. The number of amides is 1. The van der Waals surface area contributed by atoms with Crippen LogP contribution in [0.4, 0.5) is 0 Å². The number of carbonyl (C=O) groups excluding carboxylic acids is 1. The van der Waals surface area contributed by atoms with Crippen LogP contribution in [0.1, 0.15) is 232 Å². The Morgan fingerprint density at radius 3 is 1.37 bits per heavy atom. The van der Waals surface area contributed by atoms with Gasteiger partial charge in [-0.25, -0.2) is 0 Å². The van der Waals surface area contributed by atoms with Crippen LogP contribution in [0.3, 0.4) is 0 Å². The Kier molecular flexibility index (Phi) is 43.5. The van der Waals surface area contributed by atoms with Crippen LogP contribution in [0.15, 0.2) is 48.6 Å². The predicted octanol–water partition coefficient (Wildman–Crippen LogP) is 14.6. The van der Waals surface area contributed by atoms with E-state index < -0.39 is 26.6 Å². The van der Waals surface area contributed by atoms with Crippen LogP contribution < -0.4 is 10.2 Å². The van der Waals surface area contributed by atoms with Crippen LogP contribution in [-0.4, -0.2) is 68.5 Å². The molecule has 364 valence electrons. The SMILES string of the molecule is CCC/C=C\CCCCCCCC(=O)NC(COP(=O)([O-])OCC[N+](C)(C)C)C(O)/C=C/CC/C=C/CC/C=C/CCCCCCCCCCCCCCCCCCCCCC. The molecule has 1 amide bonds. The maximum absolute atomic E-state index is 12.8. The highest BCUT2D eigenvalue weighted by atomic mass is 31.2. The average Bonchev–Trinajstić information content (AvgIpc) is 3.23. The zero-order valence-corrected chi connectivity index (χ0v) is 42.2. The van der Waals surface area contributed by atoms with Gasteiger partial charge in [0.2, 0.25) is 5.91 Å². The van der Waals surface area contributed by atoms with Crippen molar-refractivity contribution in [3.8, 4) is 0 Å². The maximum Gasteiger partial charge on any atom is 0.268 e. The Labute approximate surface area is 384 Å². The number of likely N-dealkylation sites (N-methyl/N-ethyl adjacent to an activating group) is 1. The highest BCUT2D eigenvalue weighted by Crippen LogP contribution is 2.38. The van der Waals surface area contributed by atoms with Gasteiger partial charge in [0.15, 0.2) is 0 Å². The van der Waals surface area contributed by atoms with Gasteiger partial charge in [-0.15, -0.1) is 0 Å². The fourth-order valence-electron chi connectivity index (χ4n) is 7.36. The van der Waals surface area contributed by atoms with Gasteiger partial charge in [-0.05, 0) is 64.2 Å². The molecule has 0 aliphatic rings. The first-order valence-corrected chi connectivity index (χ1v) is 27.5. The Morgan fingerprint density at radius 1 is 0.548 bits per heavy atom. The lowest BCUT2D eigenvalue weighted by Crippen LogP contribution is -2.45. The Morgan fingerprint density at radius 2 is 0.935 bits per heavy atom. The summed E-state index contributed by atoms with van der Waals surface area (Å²) in [5.74, 6) is -0.224. The number of nitrogens with zero attached hydrogens (tertiary/aromatic N) is 1. The second kappa shape index (κ2) is 44.7. The summed E-state index contributed by atoms with van der Waals surface area (Å²) in [6.45, 7) is 4.55. The quantitative estimate of drug-likeness (QED) is 0.0273. The summed E-state index contributed by atoms with van der Waals surface area (Å²) in [5, 5.41) is 13.8. The number of aliphatic hydroxyl groups excluding tert-OH is 1. The lowest BCUT2D eigenvalue weighted by Gasteiger charge is -2.29. The maximum atomic E-state index is 12.8. The van der Waals surface area contributed by atoms with Crippen LogP contribution in [0.25, 0.3) is 0 Å². The Bertz CT molecular complexity index is 1150. The third kappa shape index (κ3) is 46.5. The van der Waals surface area contributed by atoms with Crippen molar-refractivity contribution < 1.29 is 32.9 Å². The smallest absolute Gasteiger partial charge is 0.268 e. The molecule has 0 aliphatic carbocycles. The number of rotatable bonds is 47. The van der Waals surface area contributed by atoms with Gasteiger partial charge in [0.1, 0.15) is 13.2 Å². The molecule has 0 rings (SSSR count). The van der Waals surface area contributed by atoms with Gasteiger partial charge in [-0.2, -0.15) is 0 Å². The van der Waals surface area contributed by atoms with E-state index in [4.69, 9.17) is 9.05 Å². The molecule has 0 aromatic carbocycles. The van der Waals surface area contributed by atoms with E-state index in [1.54, 1.807) is 6.08 Å². The van der Waals surface area contributed by atoms with Crippen LogP contribution in [0.2, 0.25) is 0 Å². The van der Waals surface area contributed by atoms with E-state index >= 15 is 0 Å². The van der Waals surface area contributed by atoms with Crippen molar-refractivity contribution in [2.45, 2.75) is 244 Å². The van der Waals surface area contributed by atoms with Gasteiger partial charge in [-0.1, -0.05) is 210 Å². The summed E-state index contributed by atoms with van der Waals surface area (Å²) < 4.78 is 23.2. The molecule has 0 saturated carbocycles. The molecule has 0 saturated heterocycles. The number of aliphatic hydroxyl groups is 1. The second-order valence-corrected chi connectivity index (χ2v) is 20.3. The number of phosphoric acid groups is 1. The molecule has 9 heteroatoms. The van der Waals surface area contributed by atoms with Crippen LogP contribution >= 0.6 is 7.82 Å². The zero-order valence-electron chi connectivity index (χ0n) is 41.3. The standard InChI is InChI=1S/C53H101N2O6P/c1-6-8-10-12-14-16-18-19-20-21-22-23-24-25-26-27-28-29-30-31-32-33-34-35-36-37-38-40-42-44-46-52(56)51(50-61-62(58,59)60-49-48-55(3,4)5)54-53(57)47-45-43-41-39-17-15-13-11-9-7-2/h11,13,33-34,37-38,44,46,51-52,56H,6-10,12,14-32,35-36,39-43,45,47-50H2,1-5H3,(H-,54,57,58,59)/b13-11-,34-33+,38-37+,46-44+. The van der Waals surface area contributed by atoms with E-state index in [0.717, 1.165) is 70.6 Å². The number of nitrogens with one attached hydrogen (secondary N) is 1. The zero-order chi connectivity index (χ0) is 45.7. The molecule has 0 aliphatic heterocycles. The molecule has 0 heterocycles. The molecule has 0 spiro atoms. The van der Waals surface area contributed by atoms with Crippen molar-refractivity contribution >= 4 is 13.7 Å². The van der Waals surface area contributed by atoms with Crippen LogP contribution in [0.5, 0.6) is 0 Å².